The van der Waals surface area contributed by atoms with Crippen LogP contribution in [-0.4, -0.2) is 11.1 Å². The number of halogens is 2. The highest BCUT2D eigenvalue weighted by Gasteiger charge is 2.50. The van der Waals surface area contributed by atoms with Gasteiger partial charge < -0.3 is 5.11 Å². The molecule has 0 bridgehead atoms. The highest BCUT2D eigenvalue weighted by Crippen LogP contribution is 2.52. The molecule has 1 saturated carbocycles. The fourth-order valence-corrected chi connectivity index (χ4v) is 2.12. The van der Waals surface area contributed by atoms with Gasteiger partial charge in [0.2, 0.25) is 0 Å². The van der Waals surface area contributed by atoms with Gasteiger partial charge in [0.15, 0.2) is 0 Å². The molecule has 0 saturated heterocycles. The summed E-state index contributed by atoms with van der Waals surface area (Å²) in [5.74, 6) is -0.833. The van der Waals surface area contributed by atoms with E-state index in [9.17, 15) is 4.79 Å². The fraction of sp³-hybridized carbons (Fsp3) is 0.667. The maximum atomic E-state index is 10.7. The molecule has 0 unspecified atom stereocenters. The van der Waals surface area contributed by atoms with Gasteiger partial charge in [-0.05, 0) is 17.8 Å². The predicted octanol–water partition coefficient (Wildman–Crippen LogP) is 3.05. The summed E-state index contributed by atoms with van der Waals surface area (Å²) in [6.07, 6.45) is 2.35. The zero-order valence-corrected chi connectivity index (χ0v) is 9.06. The third-order valence-corrected chi connectivity index (χ3v) is 3.22. The number of hydrogen-bond donors (Lipinski definition) is 1. The van der Waals surface area contributed by atoms with Crippen molar-refractivity contribution < 1.29 is 9.90 Å². The normalized spacial score (nSPS) is 30.5. The van der Waals surface area contributed by atoms with Gasteiger partial charge in [-0.1, -0.05) is 43.1 Å². The van der Waals surface area contributed by atoms with Crippen molar-refractivity contribution in [2.24, 2.45) is 17.3 Å². The van der Waals surface area contributed by atoms with Gasteiger partial charge in [0, 0.05) is 0 Å². The van der Waals surface area contributed by atoms with Crippen molar-refractivity contribution in [2.45, 2.75) is 20.3 Å². The Morgan fingerprint density at radius 1 is 1.54 bits per heavy atom. The molecule has 1 rings (SSSR count). The summed E-state index contributed by atoms with van der Waals surface area (Å²) in [4.78, 5) is 10.7. The summed E-state index contributed by atoms with van der Waals surface area (Å²) in [6, 6.07) is 0. The highest BCUT2D eigenvalue weighted by atomic mass is 35.5. The minimum absolute atomic E-state index is 0.179. The lowest BCUT2D eigenvalue weighted by atomic mass is 9.55. The number of carboxylic acid groups (broad SMARTS) is 1. The summed E-state index contributed by atoms with van der Waals surface area (Å²) in [5, 5.41) is 8.83. The van der Waals surface area contributed by atoms with E-state index < -0.39 is 5.97 Å². The first-order chi connectivity index (χ1) is 5.85. The molecule has 0 aromatic heterocycles. The van der Waals surface area contributed by atoms with Crippen LogP contribution >= 0.6 is 23.2 Å². The Balaban J connectivity index is 2.70. The Morgan fingerprint density at radius 2 is 2.08 bits per heavy atom. The smallest absolute Gasteiger partial charge is 0.307 e. The molecule has 1 N–H and O–H groups in total. The number of rotatable bonds is 2. The zero-order chi connectivity index (χ0) is 10.2. The molecule has 1 fully saturated rings. The van der Waals surface area contributed by atoms with Crippen molar-refractivity contribution in [3.05, 3.63) is 10.6 Å². The van der Waals surface area contributed by atoms with E-state index in [0.29, 0.717) is 6.42 Å². The molecule has 13 heavy (non-hydrogen) atoms. The third kappa shape index (κ3) is 2.00. The van der Waals surface area contributed by atoms with Crippen molar-refractivity contribution in [2.75, 3.05) is 0 Å². The van der Waals surface area contributed by atoms with E-state index in [0.717, 1.165) is 0 Å². The molecule has 1 aliphatic rings. The van der Waals surface area contributed by atoms with E-state index in [1.54, 1.807) is 6.08 Å². The number of carboxylic acids is 1. The van der Waals surface area contributed by atoms with Crippen molar-refractivity contribution in [1.29, 1.82) is 0 Å². The molecule has 2 atom stereocenters. The highest BCUT2D eigenvalue weighted by molar-refractivity contribution is 6.55. The lowest BCUT2D eigenvalue weighted by Gasteiger charge is -2.48. The monoisotopic (exact) mass is 222 g/mol. The molecule has 0 amide bonds. The summed E-state index contributed by atoms with van der Waals surface area (Å²) in [5.41, 5.74) is -0.235. The summed E-state index contributed by atoms with van der Waals surface area (Å²) >= 11 is 11.0. The number of aliphatic carboxylic acids is 1. The Bertz CT molecular complexity index is 254. The number of hydrogen-bond acceptors (Lipinski definition) is 1. The first-order valence-electron chi connectivity index (χ1n) is 4.11. The fourth-order valence-electron chi connectivity index (χ4n) is 1.81. The molecule has 4 heteroatoms. The van der Waals surface area contributed by atoms with Crippen molar-refractivity contribution in [3.8, 4) is 0 Å². The van der Waals surface area contributed by atoms with Crippen LogP contribution in [0.25, 0.3) is 0 Å². The van der Waals surface area contributed by atoms with Gasteiger partial charge in [-0.2, -0.15) is 0 Å². The minimum atomic E-state index is -0.736. The Hall–Kier alpha value is -0.210. The van der Waals surface area contributed by atoms with Crippen LogP contribution in [0.1, 0.15) is 20.3 Å². The second-order valence-electron chi connectivity index (χ2n) is 4.01. The summed E-state index contributed by atoms with van der Waals surface area (Å²) < 4.78 is 0.224. The Labute approximate surface area is 87.5 Å². The predicted molar refractivity (Wildman–Crippen MR) is 52.8 cm³/mol. The second-order valence-corrected chi connectivity index (χ2v) is 5.02. The van der Waals surface area contributed by atoms with Crippen molar-refractivity contribution in [1.82, 2.24) is 0 Å². The molecule has 1 aliphatic carbocycles. The van der Waals surface area contributed by atoms with E-state index in [-0.39, 0.29) is 21.7 Å². The molecular formula is C9H12Cl2O2. The summed E-state index contributed by atoms with van der Waals surface area (Å²) in [6.45, 7) is 3.85. The van der Waals surface area contributed by atoms with Crippen molar-refractivity contribution in [3.63, 3.8) is 0 Å². The Morgan fingerprint density at radius 3 is 2.38 bits per heavy atom. The molecular weight excluding hydrogens is 211 g/mol. The number of carbonyl (C=O) groups is 1. The average Bonchev–Trinajstić information content (AvgIpc) is 1.96. The van der Waals surface area contributed by atoms with Gasteiger partial charge in [0.25, 0.3) is 0 Å². The molecule has 0 aromatic rings. The average molecular weight is 223 g/mol. The van der Waals surface area contributed by atoms with Crippen LogP contribution in [0.4, 0.5) is 0 Å². The molecule has 0 spiro atoms. The van der Waals surface area contributed by atoms with Crippen LogP contribution in [0.3, 0.4) is 0 Å². The molecule has 0 radical (unpaired) electrons. The standard InChI is InChI=1S/C9H12Cl2O2/c1-9(2)5(4-7(10)11)3-6(9)8(12)13/h4-6H,3H2,1-2H3,(H,12,13)/t5-,6-/m1/s1. The zero-order valence-electron chi connectivity index (χ0n) is 7.55. The minimum Gasteiger partial charge on any atom is -0.481 e. The summed E-state index contributed by atoms with van der Waals surface area (Å²) in [7, 11) is 0. The first kappa shape index (κ1) is 10.9. The quantitative estimate of drug-likeness (QED) is 0.781. The van der Waals surface area contributed by atoms with Crippen LogP contribution in [0, 0.1) is 17.3 Å². The third-order valence-electron chi connectivity index (χ3n) is 2.97. The van der Waals surface area contributed by atoms with Crippen LogP contribution in [0.2, 0.25) is 0 Å². The lowest BCUT2D eigenvalue weighted by molar-refractivity contribution is -0.156. The largest absolute Gasteiger partial charge is 0.481 e. The molecule has 74 valence electrons. The molecule has 0 aliphatic heterocycles. The van der Waals surface area contributed by atoms with E-state index in [2.05, 4.69) is 0 Å². The maximum absolute atomic E-state index is 10.7. The maximum Gasteiger partial charge on any atom is 0.307 e. The van der Waals surface area contributed by atoms with E-state index in [1.165, 1.54) is 0 Å². The van der Waals surface area contributed by atoms with E-state index in [4.69, 9.17) is 28.3 Å². The second kappa shape index (κ2) is 3.50. The van der Waals surface area contributed by atoms with Gasteiger partial charge in [-0.3, -0.25) is 4.79 Å². The molecule has 0 heterocycles. The van der Waals surface area contributed by atoms with Crippen LogP contribution in [0.15, 0.2) is 10.6 Å². The van der Waals surface area contributed by atoms with Gasteiger partial charge in [0.05, 0.1) is 5.92 Å². The topological polar surface area (TPSA) is 37.3 Å². The Kier molecular flexibility index (Phi) is 2.93. The van der Waals surface area contributed by atoms with Crippen LogP contribution < -0.4 is 0 Å². The lowest BCUT2D eigenvalue weighted by Crippen LogP contribution is -2.47. The van der Waals surface area contributed by atoms with Crippen LogP contribution in [-0.2, 0) is 4.79 Å². The van der Waals surface area contributed by atoms with Crippen LogP contribution in [0.5, 0.6) is 0 Å². The SMILES string of the molecule is CC1(C)[C@@H](C(=O)O)C[C@@H]1C=C(Cl)Cl. The molecule has 2 nitrogen and oxygen atoms in total. The van der Waals surface area contributed by atoms with E-state index in [1.807, 2.05) is 13.8 Å². The molecule has 0 aromatic carbocycles. The van der Waals surface area contributed by atoms with Gasteiger partial charge in [-0.15, -0.1) is 0 Å². The first-order valence-corrected chi connectivity index (χ1v) is 4.87. The van der Waals surface area contributed by atoms with Gasteiger partial charge in [-0.25, -0.2) is 0 Å². The van der Waals surface area contributed by atoms with E-state index >= 15 is 0 Å². The van der Waals surface area contributed by atoms with Crippen molar-refractivity contribution >= 4 is 29.2 Å². The number of allylic oxidation sites excluding steroid dienone is 1. The van der Waals surface area contributed by atoms with Gasteiger partial charge in [0.1, 0.15) is 4.49 Å². The van der Waals surface area contributed by atoms with Gasteiger partial charge >= 0.3 is 5.97 Å².